The molecule has 1 aromatic heterocycles. The molecule has 8 nitrogen and oxygen atoms in total. The summed E-state index contributed by atoms with van der Waals surface area (Å²) in [5.74, 6) is 4.54. The van der Waals surface area contributed by atoms with Crippen LogP contribution in [-0.4, -0.2) is 46.5 Å². The molecule has 0 fully saturated rings. The fourth-order valence-corrected chi connectivity index (χ4v) is 3.88. The van der Waals surface area contributed by atoms with E-state index in [0.29, 0.717) is 45.5 Å². The van der Waals surface area contributed by atoms with Gasteiger partial charge in [0.25, 0.3) is 5.76 Å². The number of nitrogen functional groups attached to an aromatic ring is 1. The summed E-state index contributed by atoms with van der Waals surface area (Å²) in [5, 5.41) is 11.0. The number of carbonyl (C=O) groups is 1. The van der Waals surface area contributed by atoms with E-state index in [1.165, 1.54) is 25.0 Å². The number of thioether (sulfide) groups is 2. The number of hydrogen-bond acceptors (Lipinski definition) is 8. The zero-order valence-corrected chi connectivity index (χ0v) is 18.2. The van der Waals surface area contributed by atoms with Crippen molar-refractivity contribution in [1.82, 2.24) is 14.9 Å². The largest absolute Gasteiger partial charge is 0.493 e. The molecular weight excluding hydrogens is 448 g/mol. The molecule has 0 saturated carbocycles. The summed E-state index contributed by atoms with van der Waals surface area (Å²) in [6.07, 6.45) is 0. The van der Waals surface area contributed by atoms with E-state index in [9.17, 15) is 13.6 Å². The first-order valence-electron chi connectivity index (χ1n) is 8.82. The van der Waals surface area contributed by atoms with Gasteiger partial charge in [-0.3, -0.25) is 4.79 Å². The summed E-state index contributed by atoms with van der Waals surface area (Å²) in [6, 6.07) is 11.6. The van der Waals surface area contributed by atoms with Crippen molar-refractivity contribution >= 4 is 35.1 Å². The minimum atomic E-state index is -2.58. The van der Waals surface area contributed by atoms with Crippen molar-refractivity contribution in [3.05, 3.63) is 42.5 Å². The average Bonchev–Trinajstić information content (AvgIpc) is 3.13. The summed E-state index contributed by atoms with van der Waals surface area (Å²) >= 11 is 1.44. The molecular formula is C19H19F2N5O3S2. The first kappa shape index (κ1) is 22.7. The number of amides is 1. The van der Waals surface area contributed by atoms with Crippen LogP contribution in [0, 0.1) is 0 Å². The zero-order chi connectivity index (χ0) is 22.4. The maximum atomic E-state index is 12.7. The van der Waals surface area contributed by atoms with Gasteiger partial charge in [-0.2, -0.15) is 8.78 Å². The molecule has 3 rings (SSSR count). The maximum absolute atomic E-state index is 12.7. The Morgan fingerprint density at radius 2 is 1.90 bits per heavy atom. The molecule has 0 aliphatic rings. The second kappa shape index (κ2) is 10.4. The van der Waals surface area contributed by atoms with Crippen molar-refractivity contribution in [3.8, 4) is 22.9 Å². The summed E-state index contributed by atoms with van der Waals surface area (Å²) in [4.78, 5) is 12.6. The predicted octanol–water partition coefficient (Wildman–Crippen LogP) is 3.72. The number of carbonyl (C=O) groups excluding carboxylic acids is 1. The normalized spacial score (nSPS) is 10.9. The lowest BCUT2D eigenvalue weighted by atomic mass is 10.2. The number of para-hydroxylation sites is 1. The molecule has 0 radical (unpaired) electrons. The molecule has 0 spiro atoms. The molecule has 31 heavy (non-hydrogen) atoms. The van der Waals surface area contributed by atoms with Crippen molar-refractivity contribution in [3.63, 3.8) is 0 Å². The van der Waals surface area contributed by atoms with E-state index in [-0.39, 0.29) is 16.6 Å². The fourth-order valence-electron chi connectivity index (χ4n) is 2.63. The van der Waals surface area contributed by atoms with E-state index in [0.717, 1.165) is 11.8 Å². The Labute approximate surface area is 185 Å². The molecule has 12 heteroatoms. The minimum absolute atomic E-state index is 0.0328. The SMILES string of the molecule is COc1ccc(-c2nnc(SCC(=O)Nc3ccccc3SC(F)F)n2N)cc1OC. The summed E-state index contributed by atoms with van der Waals surface area (Å²) in [5.41, 5.74) is 0.973. The first-order valence-corrected chi connectivity index (χ1v) is 10.7. The van der Waals surface area contributed by atoms with E-state index < -0.39 is 5.76 Å². The Morgan fingerprint density at radius 3 is 2.61 bits per heavy atom. The van der Waals surface area contributed by atoms with E-state index >= 15 is 0 Å². The zero-order valence-electron chi connectivity index (χ0n) is 16.5. The highest BCUT2D eigenvalue weighted by molar-refractivity contribution is 8.00. The van der Waals surface area contributed by atoms with Gasteiger partial charge in [0.05, 0.1) is 25.7 Å². The molecule has 1 amide bonds. The molecule has 1 heterocycles. The van der Waals surface area contributed by atoms with Gasteiger partial charge >= 0.3 is 0 Å². The highest BCUT2D eigenvalue weighted by atomic mass is 32.2. The Bertz CT molecular complexity index is 1060. The van der Waals surface area contributed by atoms with Crippen LogP contribution in [0.4, 0.5) is 14.5 Å². The van der Waals surface area contributed by atoms with E-state index in [1.54, 1.807) is 36.4 Å². The molecule has 0 unspecified atom stereocenters. The minimum Gasteiger partial charge on any atom is -0.493 e. The monoisotopic (exact) mass is 467 g/mol. The van der Waals surface area contributed by atoms with Gasteiger partial charge in [0, 0.05) is 10.5 Å². The number of hydrogen-bond donors (Lipinski definition) is 2. The average molecular weight is 468 g/mol. The van der Waals surface area contributed by atoms with Gasteiger partial charge in [0.1, 0.15) is 0 Å². The van der Waals surface area contributed by atoms with Crippen molar-refractivity contribution in [2.75, 3.05) is 31.1 Å². The lowest BCUT2D eigenvalue weighted by Crippen LogP contribution is -2.17. The number of methoxy groups -OCH3 is 2. The Kier molecular flexibility index (Phi) is 7.58. The van der Waals surface area contributed by atoms with Crippen molar-refractivity contribution < 1.29 is 23.0 Å². The number of alkyl halides is 2. The molecule has 0 aliphatic carbocycles. The fraction of sp³-hybridized carbons (Fsp3) is 0.211. The second-order valence-electron chi connectivity index (χ2n) is 5.96. The van der Waals surface area contributed by atoms with Crippen LogP contribution in [0.2, 0.25) is 0 Å². The second-order valence-corrected chi connectivity index (χ2v) is 7.93. The first-order chi connectivity index (χ1) is 14.9. The summed E-state index contributed by atoms with van der Waals surface area (Å²) in [6.45, 7) is 0. The van der Waals surface area contributed by atoms with E-state index in [4.69, 9.17) is 15.3 Å². The molecule has 0 aliphatic heterocycles. The van der Waals surface area contributed by atoms with Crippen LogP contribution in [0.1, 0.15) is 0 Å². The molecule has 3 N–H and O–H groups in total. The Balaban J connectivity index is 1.68. The quantitative estimate of drug-likeness (QED) is 0.362. The third-order valence-corrected chi connectivity index (χ3v) is 5.75. The summed E-state index contributed by atoms with van der Waals surface area (Å²) < 4.78 is 37.1. The smallest absolute Gasteiger partial charge is 0.288 e. The van der Waals surface area contributed by atoms with Crippen LogP contribution in [0.25, 0.3) is 11.4 Å². The number of anilines is 1. The Hall–Kier alpha value is -2.99. The van der Waals surface area contributed by atoms with E-state index in [2.05, 4.69) is 15.5 Å². The molecule has 0 saturated heterocycles. The van der Waals surface area contributed by atoms with Crippen molar-refractivity contribution in [1.29, 1.82) is 0 Å². The van der Waals surface area contributed by atoms with Gasteiger partial charge in [0.15, 0.2) is 17.3 Å². The van der Waals surface area contributed by atoms with Gasteiger partial charge in [0.2, 0.25) is 11.1 Å². The third-order valence-electron chi connectivity index (χ3n) is 4.02. The maximum Gasteiger partial charge on any atom is 0.288 e. The van der Waals surface area contributed by atoms with Crippen molar-refractivity contribution in [2.45, 2.75) is 15.8 Å². The number of nitrogens with zero attached hydrogens (tertiary/aromatic N) is 3. The number of ether oxygens (including phenoxy) is 2. The Morgan fingerprint density at radius 1 is 1.16 bits per heavy atom. The van der Waals surface area contributed by atoms with Gasteiger partial charge in [-0.15, -0.1) is 10.2 Å². The third kappa shape index (κ3) is 5.58. The number of rotatable bonds is 9. The standard InChI is InChI=1S/C19H19F2N5O3S2/c1-28-13-8-7-11(9-14(13)29-2)17-24-25-19(26(17)22)30-10-16(27)23-12-5-3-4-6-15(12)31-18(20)21/h3-9,18H,10,22H2,1-2H3,(H,23,27). The number of halogens is 2. The van der Waals surface area contributed by atoms with Gasteiger partial charge in [-0.25, -0.2) is 4.68 Å². The molecule has 164 valence electrons. The highest BCUT2D eigenvalue weighted by Gasteiger charge is 2.17. The van der Waals surface area contributed by atoms with Crippen LogP contribution in [-0.2, 0) is 4.79 Å². The highest BCUT2D eigenvalue weighted by Crippen LogP contribution is 2.33. The molecule has 3 aromatic rings. The number of benzene rings is 2. The molecule has 0 atom stereocenters. The van der Waals surface area contributed by atoms with Crippen LogP contribution < -0.4 is 20.6 Å². The molecule has 2 aromatic carbocycles. The topological polar surface area (TPSA) is 104 Å². The van der Waals surface area contributed by atoms with Crippen LogP contribution >= 0.6 is 23.5 Å². The van der Waals surface area contributed by atoms with Crippen LogP contribution in [0.5, 0.6) is 11.5 Å². The van der Waals surface area contributed by atoms with Crippen molar-refractivity contribution in [2.24, 2.45) is 0 Å². The van der Waals surface area contributed by atoms with Gasteiger partial charge in [-0.1, -0.05) is 35.7 Å². The van der Waals surface area contributed by atoms with Crippen LogP contribution in [0.3, 0.4) is 0 Å². The van der Waals surface area contributed by atoms with Crippen LogP contribution in [0.15, 0.2) is 52.5 Å². The number of aromatic nitrogens is 3. The lowest BCUT2D eigenvalue weighted by molar-refractivity contribution is -0.113. The molecule has 0 bridgehead atoms. The van der Waals surface area contributed by atoms with E-state index in [1.807, 2.05) is 0 Å². The summed E-state index contributed by atoms with van der Waals surface area (Å²) in [7, 11) is 3.06. The van der Waals surface area contributed by atoms with Gasteiger partial charge < -0.3 is 20.6 Å². The van der Waals surface area contributed by atoms with Gasteiger partial charge in [-0.05, 0) is 30.3 Å². The number of nitrogens with two attached hydrogens (primary N) is 1. The predicted molar refractivity (Wildman–Crippen MR) is 116 cm³/mol. The number of nitrogens with one attached hydrogen (secondary N) is 1. The lowest BCUT2D eigenvalue weighted by Gasteiger charge is -2.10.